The Hall–Kier alpha value is -3.02. The molecule has 1 unspecified atom stereocenters. The molecule has 6 rings (SSSR count). The van der Waals surface area contributed by atoms with Gasteiger partial charge in [0.1, 0.15) is 11.6 Å². The maximum absolute atomic E-state index is 14.0. The number of aliphatic hydroxyl groups is 1. The van der Waals surface area contributed by atoms with Gasteiger partial charge < -0.3 is 24.5 Å². The molecule has 2 atom stereocenters. The van der Waals surface area contributed by atoms with Crippen molar-refractivity contribution in [1.29, 1.82) is 0 Å². The van der Waals surface area contributed by atoms with Crippen molar-refractivity contribution in [3.63, 3.8) is 0 Å². The van der Waals surface area contributed by atoms with Gasteiger partial charge in [0.25, 0.3) is 5.91 Å². The zero-order valence-electron chi connectivity index (χ0n) is 22.3. The zero-order chi connectivity index (χ0) is 27.5. The summed E-state index contributed by atoms with van der Waals surface area (Å²) in [7, 11) is -2.60. The molecule has 208 valence electrons. The molecular formula is C27H34ClN7O3S. The fraction of sp³-hybridized carbons (Fsp3) is 0.481. The van der Waals surface area contributed by atoms with Crippen LogP contribution >= 0.6 is 11.6 Å². The van der Waals surface area contributed by atoms with Crippen LogP contribution in [0.2, 0.25) is 5.02 Å². The fourth-order valence-electron chi connectivity index (χ4n) is 5.65. The molecule has 10 nitrogen and oxygen atoms in total. The van der Waals surface area contributed by atoms with Crippen LogP contribution in [-0.4, -0.2) is 85.2 Å². The molecule has 5 heterocycles. The molecule has 0 radical (unpaired) electrons. The van der Waals surface area contributed by atoms with Crippen molar-refractivity contribution in [1.82, 2.24) is 19.5 Å². The minimum absolute atomic E-state index is 0.196. The highest BCUT2D eigenvalue weighted by Gasteiger charge is 2.39. The number of anilines is 3. The smallest absolute Gasteiger partial charge is 0.256 e. The summed E-state index contributed by atoms with van der Waals surface area (Å²) in [6.45, 7) is 5.39. The molecule has 2 N–H and O–H groups in total. The Morgan fingerprint density at radius 2 is 1.92 bits per heavy atom. The minimum Gasteiger partial charge on any atom is -0.386 e. The van der Waals surface area contributed by atoms with Crippen LogP contribution in [-0.2, 0) is 9.71 Å². The van der Waals surface area contributed by atoms with Gasteiger partial charge in [-0.3, -0.25) is 4.79 Å². The third-order valence-electron chi connectivity index (χ3n) is 7.62. The lowest BCUT2D eigenvalue weighted by molar-refractivity contribution is 0.0302. The summed E-state index contributed by atoms with van der Waals surface area (Å²) in [4.78, 5) is 25.1. The van der Waals surface area contributed by atoms with E-state index in [1.54, 1.807) is 18.2 Å². The SMILES string of the molecule is C=S(C)(=O)Nc1ccc(Cl)cc1C(=O)N1CCCC[C@H]1c1cc2nc(N3CCC3)cc(N3CC(C)(O)C3)n2n1. The first-order valence-electron chi connectivity index (χ1n) is 13.3. The van der Waals surface area contributed by atoms with Gasteiger partial charge in [-0.2, -0.15) is 9.61 Å². The highest BCUT2D eigenvalue weighted by atomic mass is 35.5. The monoisotopic (exact) mass is 571 g/mol. The quantitative estimate of drug-likeness (QED) is 0.438. The molecule has 0 saturated carbocycles. The van der Waals surface area contributed by atoms with Crippen molar-refractivity contribution in [2.24, 2.45) is 0 Å². The first-order valence-corrected chi connectivity index (χ1v) is 15.8. The second kappa shape index (κ2) is 9.57. The highest BCUT2D eigenvalue weighted by Crippen LogP contribution is 2.36. The number of piperidine rings is 1. The number of carbonyl (C=O) groups is 1. The van der Waals surface area contributed by atoms with Gasteiger partial charge in [-0.25, -0.2) is 9.19 Å². The van der Waals surface area contributed by atoms with E-state index >= 15 is 0 Å². The molecule has 0 bridgehead atoms. The summed E-state index contributed by atoms with van der Waals surface area (Å²) >= 11 is 6.29. The van der Waals surface area contributed by atoms with Crippen LogP contribution in [0.3, 0.4) is 0 Å². The Bertz CT molecular complexity index is 1540. The molecule has 3 aliphatic rings. The highest BCUT2D eigenvalue weighted by molar-refractivity contribution is 8.00. The number of amides is 1. The second-order valence-corrected chi connectivity index (χ2v) is 14.0. The number of benzene rings is 1. The standard InChI is InChI=1S/C27H34ClN7O3S/c1-27(37)16-33(17-27)25-15-23(32-10-6-11-32)29-24-14-21(30-35(24)25)22-7-4-5-12-34(22)26(36)19-13-18(28)8-9-20(19)31-39(2,3)38/h8-9,13-15,22,37H,2,4-7,10-12,16-17H2,1,3H3,(H,31,38)/t22-,39?/m0/s1. The van der Waals surface area contributed by atoms with Crippen molar-refractivity contribution < 1.29 is 14.1 Å². The van der Waals surface area contributed by atoms with Crippen molar-refractivity contribution in [3.8, 4) is 0 Å². The topological polar surface area (TPSA) is 106 Å². The summed E-state index contributed by atoms with van der Waals surface area (Å²) in [5.74, 6) is 5.28. The van der Waals surface area contributed by atoms with Gasteiger partial charge in [0.15, 0.2) is 5.65 Å². The Morgan fingerprint density at radius 3 is 2.59 bits per heavy atom. The van der Waals surface area contributed by atoms with Gasteiger partial charge in [0.2, 0.25) is 0 Å². The normalized spacial score (nSPS) is 22.3. The van der Waals surface area contributed by atoms with Crippen LogP contribution in [0.15, 0.2) is 30.3 Å². The third kappa shape index (κ3) is 5.15. The second-order valence-electron chi connectivity index (χ2n) is 11.3. The molecule has 3 aromatic rings. The molecular weight excluding hydrogens is 538 g/mol. The van der Waals surface area contributed by atoms with Crippen LogP contribution < -0.4 is 14.5 Å². The molecule has 12 heteroatoms. The van der Waals surface area contributed by atoms with E-state index in [-0.39, 0.29) is 11.9 Å². The van der Waals surface area contributed by atoms with Gasteiger partial charge in [-0.1, -0.05) is 11.6 Å². The van der Waals surface area contributed by atoms with E-state index in [0.29, 0.717) is 35.9 Å². The molecule has 2 aromatic heterocycles. The number of rotatable bonds is 6. The number of nitrogens with zero attached hydrogens (tertiary/aromatic N) is 6. The number of hydrogen-bond acceptors (Lipinski definition) is 7. The van der Waals surface area contributed by atoms with Crippen molar-refractivity contribution >= 4 is 56.1 Å². The van der Waals surface area contributed by atoms with Gasteiger partial charge >= 0.3 is 0 Å². The van der Waals surface area contributed by atoms with E-state index in [0.717, 1.165) is 61.7 Å². The number of β-amino-alcohol motifs (C(OH)–C–C–N with tert-alkyl or cyclic N) is 1. The van der Waals surface area contributed by atoms with Crippen LogP contribution in [0.4, 0.5) is 17.3 Å². The molecule has 1 aromatic carbocycles. The van der Waals surface area contributed by atoms with E-state index < -0.39 is 15.3 Å². The molecule has 39 heavy (non-hydrogen) atoms. The Kier molecular flexibility index (Phi) is 6.43. The lowest BCUT2D eigenvalue weighted by Crippen LogP contribution is -2.60. The Balaban J connectivity index is 1.38. The number of halogens is 1. The molecule has 0 spiro atoms. The van der Waals surface area contributed by atoms with Gasteiger partial charge in [0.05, 0.1) is 28.6 Å². The molecule has 0 aliphatic carbocycles. The largest absolute Gasteiger partial charge is 0.386 e. The van der Waals surface area contributed by atoms with Crippen molar-refractivity contribution in [2.45, 2.75) is 44.2 Å². The fourth-order valence-corrected chi connectivity index (χ4v) is 6.46. The average Bonchev–Trinajstić information content (AvgIpc) is 3.25. The minimum atomic E-state index is -2.60. The Morgan fingerprint density at radius 1 is 1.15 bits per heavy atom. The zero-order valence-corrected chi connectivity index (χ0v) is 23.8. The number of carbonyl (C=O) groups excluding carboxylic acids is 1. The van der Waals surface area contributed by atoms with Gasteiger partial charge in [0, 0.05) is 65.8 Å². The van der Waals surface area contributed by atoms with Gasteiger partial charge in [-0.05, 0) is 56.7 Å². The average molecular weight is 572 g/mol. The van der Waals surface area contributed by atoms with Crippen LogP contribution in [0, 0.1) is 0 Å². The number of likely N-dealkylation sites (tertiary alicyclic amines) is 1. The molecule has 3 saturated heterocycles. The van der Waals surface area contributed by atoms with Crippen LogP contribution in [0.5, 0.6) is 0 Å². The van der Waals surface area contributed by atoms with E-state index in [1.807, 2.05) is 28.5 Å². The molecule has 3 fully saturated rings. The third-order valence-corrected chi connectivity index (χ3v) is 8.51. The van der Waals surface area contributed by atoms with E-state index in [9.17, 15) is 14.1 Å². The summed E-state index contributed by atoms with van der Waals surface area (Å²) < 4.78 is 17.1. The maximum Gasteiger partial charge on any atom is 0.256 e. The summed E-state index contributed by atoms with van der Waals surface area (Å²) in [5.41, 5.74) is 1.57. The van der Waals surface area contributed by atoms with Gasteiger partial charge in [-0.15, -0.1) is 0 Å². The number of aromatic nitrogens is 3. The van der Waals surface area contributed by atoms with Crippen molar-refractivity contribution in [3.05, 3.63) is 46.6 Å². The van der Waals surface area contributed by atoms with E-state index in [1.165, 1.54) is 6.26 Å². The van der Waals surface area contributed by atoms with E-state index in [2.05, 4.69) is 20.4 Å². The lowest BCUT2D eigenvalue weighted by atomic mass is 9.97. The first-order chi connectivity index (χ1) is 18.5. The van der Waals surface area contributed by atoms with Crippen molar-refractivity contribution in [2.75, 3.05) is 53.5 Å². The first kappa shape index (κ1) is 26.2. The lowest BCUT2D eigenvalue weighted by Gasteiger charge is -2.45. The molecule has 3 aliphatic heterocycles. The Labute approximate surface area is 233 Å². The predicted molar refractivity (Wildman–Crippen MR) is 157 cm³/mol. The summed E-state index contributed by atoms with van der Waals surface area (Å²) in [5, 5.41) is 15.8. The predicted octanol–water partition coefficient (Wildman–Crippen LogP) is 3.20. The maximum atomic E-state index is 14.0. The van der Waals surface area contributed by atoms with E-state index in [4.69, 9.17) is 21.7 Å². The number of hydrogen-bond donors (Lipinski definition) is 2. The molecule has 1 amide bonds. The number of fused-ring (bicyclic) bond motifs is 1. The van der Waals surface area contributed by atoms with Crippen LogP contribution in [0.25, 0.3) is 5.65 Å². The number of nitrogens with one attached hydrogen (secondary N) is 1. The summed E-state index contributed by atoms with van der Waals surface area (Å²) in [6.07, 6.45) is 5.26. The summed E-state index contributed by atoms with van der Waals surface area (Å²) in [6, 6.07) is 8.73. The van der Waals surface area contributed by atoms with Crippen LogP contribution in [0.1, 0.15) is 54.7 Å².